The first-order valence-electron chi connectivity index (χ1n) is 7.34. The Kier molecular flexibility index (Phi) is 6.88. The van der Waals surface area contributed by atoms with E-state index in [0.29, 0.717) is 15.0 Å². The van der Waals surface area contributed by atoms with Gasteiger partial charge in [0.25, 0.3) is 0 Å². The molecule has 2 rings (SSSR count). The van der Waals surface area contributed by atoms with Gasteiger partial charge in [0, 0.05) is 10.8 Å². The Labute approximate surface area is 158 Å². The van der Waals surface area contributed by atoms with Crippen LogP contribution in [-0.2, 0) is 15.3 Å². The number of hydrogen-bond acceptors (Lipinski definition) is 7. The number of carbonyl (C=O) groups is 2. The number of nitrogens with two attached hydrogens (primary N) is 1. The number of esters is 1. The first-order chi connectivity index (χ1) is 12.0. The smallest absolute Gasteiger partial charge is 0.313 e. The molecule has 0 unspecified atom stereocenters. The molecule has 25 heavy (non-hydrogen) atoms. The van der Waals surface area contributed by atoms with E-state index in [1.807, 2.05) is 18.2 Å². The number of hydrogen-bond donors (Lipinski definition) is 1. The third-order valence-electron chi connectivity index (χ3n) is 3.17. The summed E-state index contributed by atoms with van der Waals surface area (Å²) < 4.78 is 5.43. The predicted octanol–water partition coefficient (Wildman–Crippen LogP) is 4.28. The summed E-state index contributed by atoms with van der Waals surface area (Å²) >= 11 is 8.41. The van der Waals surface area contributed by atoms with Crippen molar-refractivity contribution in [2.24, 2.45) is 0 Å². The molecule has 0 bridgehead atoms. The molecule has 1 heterocycles. The molecule has 8 heteroatoms. The van der Waals surface area contributed by atoms with E-state index in [4.69, 9.17) is 22.1 Å². The Morgan fingerprint density at radius 2 is 2.04 bits per heavy atom. The van der Waals surface area contributed by atoms with Gasteiger partial charge in [0.05, 0.1) is 21.4 Å². The average Bonchev–Trinajstić information content (AvgIpc) is 2.90. The SMILES string of the molecule is CCOC(=O)CC(=O)c1sc(SCc2ccc(Cl)cc2)c(C#N)c1N. The van der Waals surface area contributed by atoms with Crippen LogP contribution in [0, 0.1) is 11.3 Å². The fourth-order valence-corrected chi connectivity index (χ4v) is 4.41. The summed E-state index contributed by atoms with van der Waals surface area (Å²) in [7, 11) is 0. The molecule has 130 valence electrons. The molecular formula is C17H15ClN2O3S2. The van der Waals surface area contributed by atoms with Crippen LogP contribution in [0.1, 0.15) is 34.1 Å². The molecule has 0 saturated carbocycles. The lowest BCUT2D eigenvalue weighted by atomic mass is 10.2. The highest BCUT2D eigenvalue weighted by molar-refractivity contribution is 8.00. The molecule has 1 aromatic carbocycles. The number of benzene rings is 1. The molecule has 0 atom stereocenters. The highest BCUT2D eigenvalue weighted by Gasteiger charge is 2.23. The van der Waals surface area contributed by atoms with Crippen molar-refractivity contribution in [2.75, 3.05) is 12.3 Å². The average molecular weight is 395 g/mol. The number of nitriles is 1. The van der Waals surface area contributed by atoms with Crippen molar-refractivity contribution in [2.45, 2.75) is 23.3 Å². The number of thioether (sulfide) groups is 1. The Hall–Kier alpha value is -2.01. The minimum Gasteiger partial charge on any atom is -0.466 e. The molecule has 5 nitrogen and oxygen atoms in total. The fraction of sp³-hybridized carbons (Fsp3) is 0.235. The Bertz CT molecular complexity index is 826. The van der Waals surface area contributed by atoms with Crippen molar-refractivity contribution in [3.8, 4) is 6.07 Å². The van der Waals surface area contributed by atoms with Crippen molar-refractivity contribution < 1.29 is 14.3 Å². The van der Waals surface area contributed by atoms with Gasteiger partial charge < -0.3 is 10.5 Å². The monoisotopic (exact) mass is 394 g/mol. The van der Waals surface area contributed by atoms with Gasteiger partial charge in [-0.2, -0.15) is 5.26 Å². The molecule has 0 fully saturated rings. The third-order valence-corrected chi connectivity index (χ3v) is 6.01. The zero-order valence-electron chi connectivity index (χ0n) is 13.4. The zero-order chi connectivity index (χ0) is 18.4. The minimum absolute atomic E-state index is 0.125. The lowest BCUT2D eigenvalue weighted by molar-refractivity contribution is -0.141. The summed E-state index contributed by atoms with van der Waals surface area (Å²) in [5, 5.41) is 9.99. The largest absolute Gasteiger partial charge is 0.466 e. The van der Waals surface area contributed by atoms with Gasteiger partial charge in [-0.05, 0) is 24.6 Å². The number of thiophene rings is 1. The van der Waals surface area contributed by atoms with E-state index in [-0.39, 0.29) is 29.2 Å². The Balaban J connectivity index is 2.16. The maximum Gasteiger partial charge on any atom is 0.313 e. The van der Waals surface area contributed by atoms with Gasteiger partial charge in [-0.25, -0.2) is 0 Å². The van der Waals surface area contributed by atoms with Gasteiger partial charge in [0.2, 0.25) is 0 Å². The molecule has 0 aliphatic heterocycles. The van der Waals surface area contributed by atoms with Gasteiger partial charge in [0.1, 0.15) is 18.1 Å². The van der Waals surface area contributed by atoms with Crippen LogP contribution in [0.5, 0.6) is 0 Å². The summed E-state index contributed by atoms with van der Waals surface area (Å²) in [6.45, 7) is 1.87. The number of carbonyl (C=O) groups excluding carboxylic acids is 2. The Morgan fingerprint density at radius 1 is 1.36 bits per heavy atom. The van der Waals surface area contributed by atoms with Crippen LogP contribution in [0.15, 0.2) is 28.5 Å². The first-order valence-corrected chi connectivity index (χ1v) is 9.52. The number of nitrogen functional groups attached to an aromatic ring is 1. The number of anilines is 1. The van der Waals surface area contributed by atoms with E-state index >= 15 is 0 Å². The maximum atomic E-state index is 12.2. The molecular weight excluding hydrogens is 380 g/mol. The Morgan fingerprint density at radius 3 is 2.64 bits per heavy atom. The van der Waals surface area contributed by atoms with Crippen molar-refractivity contribution in [1.29, 1.82) is 5.26 Å². The molecule has 2 N–H and O–H groups in total. The van der Waals surface area contributed by atoms with E-state index in [2.05, 4.69) is 0 Å². The quantitative estimate of drug-likeness (QED) is 0.326. The van der Waals surface area contributed by atoms with E-state index in [1.165, 1.54) is 11.8 Å². The van der Waals surface area contributed by atoms with Crippen LogP contribution >= 0.6 is 34.7 Å². The van der Waals surface area contributed by atoms with Crippen molar-refractivity contribution in [3.63, 3.8) is 0 Å². The van der Waals surface area contributed by atoms with Crippen LogP contribution in [0.4, 0.5) is 5.69 Å². The highest BCUT2D eigenvalue weighted by Crippen LogP contribution is 2.39. The van der Waals surface area contributed by atoms with Crippen LogP contribution < -0.4 is 5.73 Å². The van der Waals surface area contributed by atoms with Gasteiger partial charge in [-0.15, -0.1) is 23.1 Å². The highest BCUT2D eigenvalue weighted by atomic mass is 35.5. The van der Waals surface area contributed by atoms with Gasteiger partial charge in [-0.3, -0.25) is 9.59 Å². The zero-order valence-corrected chi connectivity index (χ0v) is 15.8. The number of Topliss-reactive ketones (excluding diaryl/α,β-unsaturated/α-hetero) is 1. The van der Waals surface area contributed by atoms with Crippen molar-refractivity contribution in [1.82, 2.24) is 0 Å². The van der Waals surface area contributed by atoms with Crippen LogP contribution in [-0.4, -0.2) is 18.4 Å². The summed E-state index contributed by atoms with van der Waals surface area (Å²) in [5.74, 6) is -0.429. The van der Waals surface area contributed by atoms with E-state index in [1.54, 1.807) is 19.1 Å². The standard InChI is InChI=1S/C17H15ClN2O3S2/c1-2-23-14(22)7-13(21)16-15(20)12(8-19)17(25-16)24-9-10-3-5-11(18)6-4-10/h3-6H,2,7,9,20H2,1H3. The van der Waals surface area contributed by atoms with Gasteiger partial charge in [-0.1, -0.05) is 23.7 Å². The van der Waals surface area contributed by atoms with Crippen LogP contribution in [0.3, 0.4) is 0 Å². The number of ketones is 1. The molecule has 2 aromatic rings. The maximum absolute atomic E-state index is 12.2. The first kappa shape index (κ1) is 19.3. The summed E-state index contributed by atoms with van der Waals surface area (Å²) in [6.07, 6.45) is -0.384. The molecule has 1 aromatic heterocycles. The predicted molar refractivity (Wildman–Crippen MR) is 100 cm³/mol. The number of ether oxygens (including phenoxy) is 1. The van der Waals surface area contributed by atoms with Crippen molar-refractivity contribution >= 4 is 52.1 Å². The van der Waals surface area contributed by atoms with E-state index in [9.17, 15) is 14.9 Å². The lowest BCUT2D eigenvalue weighted by Crippen LogP contribution is -2.11. The molecule has 0 amide bonds. The second-order valence-corrected chi connectivity index (χ2v) is 7.64. The normalized spacial score (nSPS) is 10.3. The fourth-order valence-electron chi connectivity index (χ4n) is 1.99. The number of rotatable bonds is 7. The van der Waals surface area contributed by atoms with E-state index in [0.717, 1.165) is 16.9 Å². The van der Waals surface area contributed by atoms with Gasteiger partial charge >= 0.3 is 5.97 Å². The molecule has 0 saturated heterocycles. The van der Waals surface area contributed by atoms with Crippen LogP contribution in [0.2, 0.25) is 5.02 Å². The molecule has 0 aliphatic carbocycles. The second-order valence-electron chi connectivity index (χ2n) is 4.94. The number of halogens is 1. The topological polar surface area (TPSA) is 93.2 Å². The third kappa shape index (κ3) is 4.98. The summed E-state index contributed by atoms with van der Waals surface area (Å²) in [4.78, 5) is 23.9. The summed E-state index contributed by atoms with van der Waals surface area (Å²) in [6, 6.07) is 9.41. The minimum atomic E-state index is -0.603. The molecule has 0 radical (unpaired) electrons. The van der Waals surface area contributed by atoms with Crippen LogP contribution in [0.25, 0.3) is 0 Å². The van der Waals surface area contributed by atoms with Crippen molar-refractivity contribution in [3.05, 3.63) is 45.3 Å². The van der Waals surface area contributed by atoms with Gasteiger partial charge in [0.15, 0.2) is 5.78 Å². The lowest BCUT2D eigenvalue weighted by Gasteiger charge is -2.00. The van der Waals surface area contributed by atoms with E-state index < -0.39 is 11.8 Å². The number of nitrogens with zero attached hydrogens (tertiary/aromatic N) is 1. The summed E-state index contributed by atoms with van der Waals surface area (Å²) in [5.41, 5.74) is 7.37. The molecule has 0 aliphatic rings. The second kappa shape index (κ2) is 8.90. The molecule has 0 spiro atoms.